The first-order valence-electron chi connectivity index (χ1n) is 10.7. The van der Waals surface area contributed by atoms with Crippen LogP contribution in [0.3, 0.4) is 0 Å². The van der Waals surface area contributed by atoms with Gasteiger partial charge in [0.05, 0.1) is 35.7 Å². The summed E-state index contributed by atoms with van der Waals surface area (Å²) >= 11 is 0. The lowest BCUT2D eigenvalue weighted by Crippen LogP contribution is -2.14. The van der Waals surface area contributed by atoms with Gasteiger partial charge in [-0.3, -0.25) is 9.59 Å². The first kappa shape index (κ1) is 25.0. The molecule has 3 aromatic carbocycles. The monoisotopic (exact) mass is 472 g/mol. The minimum atomic E-state index is -0.400. The average molecular weight is 473 g/mol. The van der Waals surface area contributed by atoms with E-state index < -0.39 is 11.8 Å². The molecule has 0 heterocycles. The van der Waals surface area contributed by atoms with E-state index in [1.54, 1.807) is 84.9 Å². The Morgan fingerprint density at radius 1 is 0.639 bits per heavy atom. The van der Waals surface area contributed by atoms with Crippen LogP contribution >= 0.6 is 0 Å². The summed E-state index contributed by atoms with van der Waals surface area (Å²) in [4.78, 5) is 23.9. The van der Waals surface area contributed by atoms with Crippen LogP contribution in [0.5, 0.6) is 0 Å². The van der Waals surface area contributed by atoms with Crippen molar-refractivity contribution in [1.82, 2.24) is 10.9 Å². The Morgan fingerprint density at radius 3 is 1.44 bits per heavy atom. The van der Waals surface area contributed by atoms with Gasteiger partial charge in [0.25, 0.3) is 11.8 Å². The molecule has 3 rings (SSSR count). The lowest BCUT2D eigenvalue weighted by molar-refractivity contribution is -0.117. The molecular weight excluding hydrogens is 452 g/mol. The summed E-state index contributed by atoms with van der Waals surface area (Å²) in [6.45, 7) is 0. The Morgan fingerprint density at radius 2 is 1.06 bits per heavy atom. The number of nitrogens with one attached hydrogen (secondary N) is 2. The molecule has 0 radical (unpaired) electrons. The zero-order valence-electron chi connectivity index (χ0n) is 19.0. The fourth-order valence-corrected chi connectivity index (χ4v) is 2.85. The third-order valence-electron chi connectivity index (χ3n) is 4.60. The van der Waals surface area contributed by atoms with E-state index >= 15 is 0 Å². The van der Waals surface area contributed by atoms with Crippen LogP contribution in [-0.2, 0) is 9.59 Å². The fourth-order valence-electron chi connectivity index (χ4n) is 2.85. The number of amides is 2. The topological polar surface area (TPSA) is 130 Å². The maximum atomic E-state index is 11.9. The second kappa shape index (κ2) is 13.2. The van der Waals surface area contributed by atoms with E-state index in [1.807, 2.05) is 12.1 Å². The van der Waals surface area contributed by atoms with Crippen LogP contribution in [0.15, 0.2) is 95.2 Å². The predicted octanol–water partition coefficient (Wildman–Crippen LogP) is 3.76. The molecule has 0 unspecified atom stereocenters. The van der Waals surface area contributed by atoms with Gasteiger partial charge in [-0.1, -0.05) is 48.5 Å². The van der Waals surface area contributed by atoms with Crippen LogP contribution in [0.25, 0.3) is 12.2 Å². The van der Waals surface area contributed by atoms with E-state index in [9.17, 15) is 9.59 Å². The largest absolute Gasteiger partial charge is 0.268 e. The average Bonchev–Trinajstić information content (AvgIpc) is 2.91. The summed E-state index contributed by atoms with van der Waals surface area (Å²) < 4.78 is 0. The molecule has 0 saturated heterocycles. The number of hydrazone groups is 2. The van der Waals surface area contributed by atoms with Gasteiger partial charge in [-0.15, -0.1) is 0 Å². The molecule has 174 valence electrons. The van der Waals surface area contributed by atoms with E-state index in [1.165, 1.54) is 24.6 Å². The SMILES string of the molecule is N#Cc1cccc(/C=N/NC(=O)/C=C/c2ccc(/C=C/C(=O)N/N=C/c3cccc(C#N)c3)cc2)c1. The number of hydrogen-bond acceptors (Lipinski definition) is 6. The van der Waals surface area contributed by atoms with Gasteiger partial charge in [0.15, 0.2) is 0 Å². The van der Waals surface area contributed by atoms with Crippen LogP contribution in [-0.4, -0.2) is 24.2 Å². The summed E-state index contributed by atoms with van der Waals surface area (Å²) in [5.74, 6) is -0.800. The van der Waals surface area contributed by atoms with Crippen molar-refractivity contribution in [3.8, 4) is 12.1 Å². The van der Waals surface area contributed by atoms with Gasteiger partial charge >= 0.3 is 0 Å². The highest BCUT2D eigenvalue weighted by Crippen LogP contribution is 2.08. The number of hydrogen-bond donors (Lipinski definition) is 2. The molecule has 0 aliphatic carbocycles. The predicted molar refractivity (Wildman–Crippen MR) is 138 cm³/mol. The van der Waals surface area contributed by atoms with Crippen molar-refractivity contribution in [1.29, 1.82) is 10.5 Å². The third-order valence-corrected chi connectivity index (χ3v) is 4.60. The lowest BCUT2D eigenvalue weighted by Gasteiger charge is -1.98. The molecule has 8 heteroatoms. The number of nitrogens with zero attached hydrogens (tertiary/aromatic N) is 4. The number of nitriles is 2. The Hall–Kier alpha value is -5.60. The van der Waals surface area contributed by atoms with Crippen molar-refractivity contribution in [2.45, 2.75) is 0 Å². The van der Waals surface area contributed by atoms with Gasteiger partial charge in [0, 0.05) is 12.2 Å². The van der Waals surface area contributed by atoms with Crippen LogP contribution in [0.4, 0.5) is 0 Å². The van der Waals surface area contributed by atoms with Gasteiger partial charge < -0.3 is 0 Å². The van der Waals surface area contributed by atoms with Gasteiger partial charge in [-0.05, 0) is 58.7 Å². The number of benzene rings is 3. The standard InChI is InChI=1S/C28H20N6O2/c29-17-23-3-1-5-25(15-23)19-31-33-27(35)13-11-21-7-9-22(10-8-21)12-14-28(36)34-32-20-26-6-2-4-24(16-26)18-30/h1-16,19-20H,(H,33,35)(H,34,36)/b13-11+,14-12+,31-19+,32-20+. The van der Waals surface area contributed by atoms with Crippen molar-refractivity contribution in [3.05, 3.63) is 118 Å². The second-order valence-electron chi connectivity index (χ2n) is 7.28. The van der Waals surface area contributed by atoms with Crippen molar-refractivity contribution < 1.29 is 9.59 Å². The number of rotatable bonds is 8. The van der Waals surface area contributed by atoms with Crippen LogP contribution < -0.4 is 10.9 Å². The Labute approximate surface area is 208 Å². The molecule has 2 N–H and O–H groups in total. The molecule has 36 heavy (non-hydrogen) atoms. The van der Waals surface area contributed by atoms with E-state index in [0.717, 1.165) is 11.1 Å². The van der Waals surface area contributed by atoms with Crippen LogP contribution in [0.1, 0.15) is 33.4 Å². The minimum Gasteiger partial charge on any atom is -0.268 e. The Bertz CT molecular complexity index is 1330. The van der Waals surface area contributed by atoms with E-state index in [0.29, 0.717) is 22.3 Å². The van der Waals surface area contributed by atoms with Crippen LogP contribution in [0, 0.1) is 22.7 Å². The molecule has 0 aliphatic rings. The second-order valence-corrected chi connectivity index (χ2v) is 7.28. The van der Waals surface area contributed by atoms with Crippen molar-refractivity contribution >= 4 is 36.4 Å². The zero-order chi connectivity index (χ0) is 25.6. The van der Waals surface area contributed by atoms with E-state index in [-0.39, 0.29) is 0 Å². The van der Waals surface area contributed by atoms with Crippen molar-refractivity contribution in [2.24, 2.45) is 10.2 Å². The first-order valence-corrected chi connectivity index (χ1v) is 10.7. The summed E-state index contributed by atoms with van der Waals surface area (Å²) in [6, 6.07) is 25.0. The summed E-state index contributed by atoms with van der Waals surface area (Å²) in [5.41, 5.74) is 8.80. The maximum Gasteiger partial charge on any atom is 0.264 e. The molecule has 0 fully saturated rings. The molecule has 0 saturated carbocycles. The summed E-state index contributed by atoms with van der Waals surface area (Å²) in [5, 5.41) is 25.5. The molecule has 0 spiro atoms. The highest BCUT2D eigenvalue weighted by atomic mass is 16.2. The highest BCUT2D eigenvalue weighted by molar-refractivity contribution is 5.93. The quantitative estimate of drug-likeness (QED) is 0.294. The van der Waals surface area contributed by atoms with Gasteiger partial charge in [0.2, 0.25) is 0 Å². The molecule has 0 bridgehead atoms. The zero-order valence-corrected chi connectivity index (χ0v) is 19.0. The smallest absolute Gasteiger partial charge is 0.264 e. The Balaban J connectivity index is 1.46. The molecule has 0 aliphatic heterocycles. The number of carbonyl (C=O) groups is 2. The molecule has 3 aromatic rings. The Kier molecular flexibility index (Phi) is 9.17. The number of carbonyl (C=O) groups excluding carboxylic acids is 2. The molecule has 8 nitrogen and oxygen atoms in total. The molecular formula is C28H20N6O2. The molecule has 2 amide bonds. The van der Waals surface area contributed by atoms with Gasteiger partial charge in [0.1, 0.15) is 0 Å². The lowest BCUT2D eigenvalue weighted by atomic mass is 10.1. The molecule has 0 aromatic heterocycles. The van der Waals surface area contributed by atoms with Gasteiger partial charge in [-0.2, -0.15) is 20.7 Å². The normalized spacial score (nSPS) is 11.1. The van der Waals surface area contributed by atoms with Crippen molar-refractivity contribution in [3.63, 3.8) is 0 Å². The summed E-state index contributed by atoms with van der Waals surface area (Å²) in [6.07, 6.45) is 8.90. The minimum absolute atomic E-state index is 0.400. The molecule has 0 atom stereocenters. The van der Waals surface area contributed by atoms with E-state index in [4.69, 9.17) is 10.5 Å². The van der Waals surface area contributed by atoms with Crippen molar-refractivity contribution in [2.75, 3.05) is 0 Å². The first-order chi connectivity index (χ1) is 17.6. The van der Waals surface area contributed by atoms with Gasteiger partial charge in [-0.25, -0.2) is 10.9 Å². The summed E-state index contributed by atoms with van der Waals surface area (Å²) in [7, 11) is 0. The highest BCUT2D eigenvalue weighted by Gasteiger charge is 1.97. The maximum absolute atomic E-state index is 11.9. The third kappa shape index (κ3) is 8.39. The van der Waals surface area contributed by atoms with Crippen LogP contribution in [0.2, 0.25) is 0 Å². The van der Waals surface area contributed by atoms with E-state index in [2.05, 4.69) is 21.1 Å². The fraction of sp³-hybridized carbons (Fsp3) is 0.